The average Bonchev–Trinajstić information content (AvgIpc) is 2.69. The molecule has 1 aromatic rings. The van der Waals surface area contributed by atoms with E-state index in [9.17, 15) is 14.7 Å². The van der Waals surface area contributed by atoms with Crippen molar-refractivity contribution < 1.29 is 19.7 Å². The minimum atomic E-state index is -0.822. The van der Waals surface area contributed by atoms with Crippen molar-refractivity contribution in [1.29, 1.82) is 0 Å². The summed E-state index contributed by atoms with van der Waals surface area (Å²) in [5.41, 5.74) is -0.595. The molecular formula is C11H15N4O5. The molecule has 0 saturated carbocycles. The van der Waals surface area contributed by atoms with Crippen molar-refractivity contribution in [2.75, 3.05) is 11.9 Å². The van der Waals surface area contributed by atoms with Gasteiger partial charge in [0.05, 0.1) is 12.7 Å². The van der Waals surface area contributed by atoms with E-state index < -0.39 is 24.1 Å². The summed E-state index contributed by atoms with van der Waals surface area (Å²) in [4.78, 5) is 26.3. The molecule has 1 aromatic heterocycles. The van der Waals surface area contributed by atoms with Crippen LogP contribution in [0, 0.1) is 0 Å². The van der Waals surface area contributed by atoms with E-state index in [0.717, 1.165) is 0 Å². The molecule has 1 amide bonds. The lowest BCUT2D eigenvalue weighted by Crippen LogP contribution is -2.28. The van der Waals surface area contributed by atoms with Crippen molar-refractivity contribution in [3.05, 3.63) is 22.7 Å². The average molecular weight is 283 g/mol. The van der Waals surface area contributed by atoms with Crippen molar-refractivity contribution in [2.24, 2.45) is 0 Å². The highest BCUT2D eigenvalue weighted by Gasteiger charge is 2.34. The number of hydrogen-bond acceptors (Lipinski definition) is 6. The number of amides is 1. The molecule has 1 saturated heterocycles. The highest BCUT2D eigenvalue weighted by molar-refractivity contribution is 5.87. The highest BCUT2D eigenvalue weighted by atomic mass is 16.5. The van der Waals surface area contributed by atoms with Gasteiger partial charge < -0.3 is 20.3 Å². The fourth-order valence-electron chi connectivity index (χ4n) is 1.93. The molecule has 9 nitrogen and oxygen atoms in total. The Labute approximate surface area is 114 Å². The number of aliphatic hydroxyl groups is 2. The van der Waals surface area contributed by atoms with Crippen LogP contribution in [0.1, 0.15) is 19.6 Å². The van der Waals surface area contributed by atoms with Gasteiger partial charge in [-0.25, -0.2) is 4.79 Å². The van der Waals surface area contributed by atoms with Crippen molar-refractivity contribution in [2.45, 2.75) is 31.8 Å². The molecule has 3 N–H and O–H groups in total. The minimum Gasteiger partial charge on any atom is -0.394 e. The quantitative estimate of drug-likeness (QED) is 0.607. The van der Waals surface area contributed by atoms with Crippen LogP contribution in [0.15, 0.2) is 17.1 Å². The van der Waals surface area contributed by atoms with Gasteiger partial charge in [-0.15, -0.1) is 0 Å². The number of rotatable bonds is 3. The summed E-state index contributed by atoms with van der Waals surface area (Å²) in [5, 5.41) is 21.0. The molecule has 2 rings (SSSR count). The number of nitrogens with one attached hydrogen (secondary N) is 1. The second-order valence-corrected chi connectivity index (χ2v) is 4.30. The molecule has 1 fully saturated rings. The smallest absolute Gasteiger partial charge is 0.351 e. The number of aromatic nitrogens is 2. The van der Waals surface area contributed by atoms with E-state index in [4.69, 9.17) is 9.84 Å². The molecule has 0 bridgehead atoms. The van der Waals surface area contributed by atoms with Crippen molar-refractivity contribution in [3.8, 4) is 0 Å². The van der Waals surface area contributed by atoms with Gasteiger partial charge >= 0.3 is 5.69 Å². The minimum absolute atomic E-state index is 0. The van der Waals surface area contributed by atoms with E-state index in [1.807, 2.05) is 0 Å². The summed E-state index contributed by atoms with van der Waals surface area (Å²) >= 11 is 0. The Bertz CT molecular complexity index is 532. The molecule has 2 heterocycles. The summed E-state index contributed by atoms with van der Waals surface area (Å²) in [5.74, 6) is -0.163. The Kier molecular flexibility index (Phi) is 5.34. The van der Waals surface area contributed by atoms with Gasteiger partial charge in [-0.1, -0.05) is 0 Å². The van der Waals surface area contributed by atoms with Crippen LogP contribution >= 0.6 is 0 Å². The zero-order chi connectivity index (χ0) is 14.0. The van der Waals surface area contributed by atoms with Gasteiger partial charge in [0.1, 0.15) is 18.1 Å². The molecule has 0 aromatic carbocycles. The maximum Gasteiger partial charge on any atom is 0.351 e. The lowest BCUT2D eigenvalue weighted by atomic mass is 10.2. The summed E-state index contributed by atoms with van der Waals surface area (Å²) in [7, 11) is 0. The number of aliphatic hydroxyl groups excluding tert-OH is 2. The molecule has 0 spiro atoms. The van der Waals surface area contributed by atoms with Gasteiger partial charge in [0.25, 0.3) is 0 Å². The first-order valence-electron chi connectivity index (χ1n) is 5.82. The number of hydrogen-bond donors (Lipinski definition) is 3. The zero-order valence-corrected chi connectivity index (χ0v) is 10.8. The molecular weight excluding hydrogens is 268 g/mol. The zero-order valence-electron chi connectivity index (χ0n) is 10.8. The fourth-order valence-corrected chi connectivity index (χ4v) is 1.93. The lowest BCUT2D eigenvalue weighted by molar-refractivity contribution is -0.114. The Morgan fingerprint density at radius 2 is 2.35 bits per heavy atom. The van der Waals surface area contributed by atoms with Gasteiger partial charge in [-0.2, -0.15) is 4.98 Å². The predicted octanol–water partition coefficient (Wildman–Crippen LogP) is -1.64. The van der Waals surface area contributed by atoms with Crippen LogP contribution in [0.3, 0.4) is 0 Å². The SMILES string of the molecule is CC(=O)Nc1ccn([C@H]2C[C@H](O)[C@@H](CO)O2)c(=O)n1.[N]. The second-order valence-electron chi connectivity index (χ2n) is 4.30. The van der Waals surface area contributed by atoms with Crippen LogP contribution in [0.25, 0.3) is 0 Å². The van der Waals surface area contributed by atoms with E-state index in [2.05, 4.69) is 10.3 Å². The van der Waals surface area contributed by atoms with Crippen molar-refractivity contribution in [3.63, 3.8) is 0 Å². The first-order valence-corrected chi connectivity index (χ1v) is 5.82. The van der Waals surface area contributed by atoms with Gasteiger partial charge in [0.2, 0.25) is 5.91 Å². The first kappa shape index (κ1) is 16.2. The van der Waals surface area contributed by atoms with Gasteiger partial charge in [0, 0.05) is 25.7 Å². The van der Waals surface area contributed by atoms with Crippen LogP contribution in [0.5, 0.6) is 0 Å². The number of carbonyl (C=O) groups excluding carboxylic acids is 1. The van der Waals surface area contributed by atoms with E-state index in [0.29, 0.717) is 0 Å². The molecule has 0 unspecified atom stereocenters. The highest BCUT2D eigenvalue weighted by Crippen LogP contribution is 2.27. The molecule has 20 heavy (non-hydrogen) atoms. The number of ether oxygens (including phenoxy) is 1. The predicted molar refractivity (Wildman–Crippen MR) is 66.6 cm³/mol. The Balaban J connectivity index is 0.00000200. The third-order valence-corrected chi connectivity index (χ3v) is 2.83. The Hall–Kier alpha value is -1.81. The van der Waals surface area contributed by atoms with Gasteiger partial charge in [0.15, 0.2) is 0 Å². The molecule has 0 aliphatic carbocycles. The monoisotopic (exact) mass is 283 g/mol. The molecule has 109 valence electrons. The second kappa shape index (κ2) is 6.57. The van der Waals surface area contributed by atoms with Gasteiger partial charge in [-0.3, -0.25) is 9.36 Å². The van der Waals surface area contributed by atoms with E-state index in [1.54, 1.807) is 0 Å². The molecule has 1 aliphatic heterocycles. The Morgan fingerprint density at radius 3 is 2.85 bits per heavy atom. The fraction of sp³-hybridized carbons (Fsp3) is 0.545. The van der Waals surface area contributed by atoms with Crippen LogP contribution in [-0.2, 0) is 9.53 Å². The third kappa shape index (κ3) is 3.39. The van der Waals surface area contributed by atoms with E-state index >= 15 is 0 Å². The third-order valence-electron chi connectivity index (χ3n) is 2.83. The molecule has 3 atom stereocenters. The topological polar surface area (TPSA) is 144 Å². The van der Waals surface area contributed by atoms with Crippen LogP contribution in [0.4, 0.5) is 5.82 Å². The van der Waals surface area contributed by atoms with Gasteiger partial charge in [-0.05, 0) is 6.07 Å². The number of nitrogens with zero attached hydrogens (tertiary/aromatic N) is 3. The number of anilines is 1. The summed E-state index contributed by atoms with van der Waals surface area (Å²) in [6.07, 6.45) is -0.563. The lowest BCUT2D eigenvalue weighted by Gasteiger charge is -2.14. The molecule has 3 radical (unpaired) electrons. The summed E-state index contributed by atoms with van der Waals surface area (Å²) in [6.45, 7) is 0.999. The maximum atomic E-state index is 11.8. The summed E-state index contributed by atoms with van der Waals surface area (Å²) < 4.78 is 6.56. The maximum absolute atomic E-state index is 11.8. The Morgan fingerprint density at radius 1 is 1.65 bits per heavy atom. The standard InChI is InChI=1S/C11H15N3O5.N/c1-6(16)12-9-2-3-14(11(18)13-9)10-4-7(17)8(5-15)19-10;/h2-3,7-8,10,15,17H,4-5H2,1H3,(H,12,13,16,18);/t7-,8+,10+;/m0./s1. The van der Waals surface area contributed by atoms with Crippen LogP contribution in [-0.4, -0.2) is 44.5 Å². The van der Waals surface area contributed by atoms with Crippen LogP contribution in [0.2, 0.25) is 0 Å². The van der Waals surface area contributed by atoms with E-state index in [1.165, 1.54) is 23.8 Å². The normalized spacial score (nSPS) is 25.1. The van der Waals surface area contributed by atoms with Crippen molar-refractivity contribution in [1.82, 2.24) is 15.7 Å². The van der Waals surface area contributed by atoms with E-state index in [-0.39, 0.29) is 30.9 Å². The summed E-state index contributed by atoms with van der Waals surface area (Å²) in [6, 6.07) is 1.46. The molecule has 1 aliphatic rings. The van der Waals surface area contributed by atoms with Crippen molar-refractivity contribution >= 4 is 11.7 Å². The van der Waals surface area contributed by atoms with Crippen LogP contribution < -0.4 is 17.2 Å². The first-order chi connectivity index (χ1) is 9.01. The molecule has 9 heteroatoms. The largest absolute Gasteiger partial charge is 0.394 e. The number of carbonyl (C=O) groups is 1.